The summed E-state index contributed by atoms with van der Waals surface area (Å²) in [5.41, 5.74) is 9.79. The SMILES string of the molecule is Cc1cc(Cl)cc(C2CC(CN)CN2C)c1C. The summed E-state index contributed by atoms with van der Waals surface area (Å²) in [7, 11) is 2.18. The number of hydrogen-bond acceptors (Lipinski definition) is 2. The molecule has 2 atom stereocenters. The lowest BCUT2D eigenvalue weighted by atomic mass is 9.94. The van der Waals surface area contributed by atoms with E-state index in [0.717, 1.165) is 24.5 Å². The quantitative estimate of drug-likeness (QED) is 0.877. The zero-order valence-corrected chi connectivity index (χ0v) is 11.6. The Kier molecular flexibility index (Phi) is 3.76. The molecule has 2 unspecified atom stereocenters. The summed E-state index contributed by atoms with van der Waals surface area (Å²) in [4.78, 5) is 2.40. The molecule has 0 amide bonds. The lowest BCUT2D eigenvalue weighted by Crippen LogP contribution is -2.21. The Morgan fingerprint density at radius 2 is 2.12 bits per heavy atom. The van der Waals surface area contributed by atoms with Crippen LogP contribution in [0.25, 0.3) is 0 Å². The van der Waals surface area contributed by atoms with Gasteiger partial charge in [-0.1, -0.05) is 11.6 Å². The molecular formula is C14H21ClN2. The molecule has 2 N–H and O–H groups in total. The number of benzene rings is 1. The molecule has 0 radical (unpaired) electrons. The molecule has 1 saturated heterocycles. The van der Waals surface area contributed by atoms with Crippen LogP contribution < -0.4 is 5.73 Å². The largest absolute Gasteiger partial charge is 0.330 e. The molecule has 1 aliphatic rings. The van der Waals surface area contributed by atoms with Gasteiger partial charge in [0, 0.05) is 17.6 Å². The van der Waals surface area contributed by atoms with Gasteiger partial charge in [0.1, 0.15) is 0 Å². The molecule has 1 aromatic rings. The lowest BCUT2D eigenvalue weighted by molar-refractivity contribution is 0.313. The smallest absolute Gasteiger partial charge is 0.0412 e. The van der Waals surface area contributed by atoms with Crippen LogP contribution in [-0.4, -0.2) is 25.0 Å². The summed E-state index contributed by atoms with van der Waals surface area (Å²) in [6, 6.07) is 4.63. The van der Waals surface area contributed by atoms with Crippen LogP contribution in [0.15, 0.2) is 12.1 Å². The van der Waals surface area contributed by atoms with Crippen molar-refractivity contribution in [1.82, 2.24) is 4.90 Å². The number of nitrogens with two attached hydrogens (primary N) is 1. The Morgan fingerprint density at radius 3 is 2.71 bits per heavy atom. The van der Waals surface area contributed by atoms with E-state index in [2.05, 4.69) is 31.9 Å². The van der Waals surface area contributed by atoms with E-state index in [1.807, 2.05) is 6.07 Å². The molecule has 2 nitrogen and oxygen atoms in total. The summed E-state index contributed by atoms with van der Waals surface area (Å²) in [6.45, 7) is 6.18. The minimum absolute atomic E-state index is 0.473. The molecule has 94 valence electrons. The summed E-state index contributed by atoms with van der Waals surface area (Å²) < 4.78 is 0. The van der Waals surface area contributed by atoms with E-state index in [-0.39, 0.29) is 0 Å². The maximum atomic E-state index is 6.18. The fourth-order valence-corrected chi connectivity index (χ4v) is 3.11. The fourth-order valence-electron chi connectivity index (χ4n) is 2.83. The summed E-state index contributed by atoms with van der Waals surface area (Å²) >= 11 is 6.18. The second-order valence-corrected chi connectivity index (χ2v) is 5.67. The van der Waals surface area contributed by atoms with Gasteiger partial charge in [-0.15, -0.1) is 0 Å². The highest BCUT2D eigenvalue weighted by atomic mass is 35.5. The van der Waals surface area contributed by atoms with Gasteiger partial charge in [-0.25, -0.2) is 0 Å². The van der Waals surface area contributed by atoms with Crippen molar-refractivity contribution in [2.24, 2.45) is 11.7 Å². The van der Waals surface area contributed by atoms with E-state index in [1.165, 1.54) is 16.7 Å². The highest BCUT2D eigenvalue weighted by Crippen LogP contribution is 2.37. The number of nitrogens with zero attached hydrogens (tertiary/aromatic N) is 1. The van der Waals surface area contributed by atoms with Gasteiger partial charge in [-0.3, -0.25) is 4.90 Å². The molecule has 0 aromatic heterocycles. The third-order valence-corrected chi connectivity index (χ3v) is 4.22. The second kappa shape index (κ2) is 4.97. The van der Waals surface area contributed by atoms with Crippen molar-refractivity contribution in [3.63, 3.8) is 0 Å². The molecular weight excluding hydrogens is 232 g/mol. The lowest BCUT2D eigenvalue weighted by Gasteiger charge is -2.22. The minimum atomic E-state index is 0.473. The Labute approximate surface area is 109 Å². The van der Waals surface area contributed by atoms with Crippen LogP contribution in [0.2, 0.25) is 5.02 Å². The average molecular weight is 253 g/mol. The van der Waals surface area contributed by atoms with Gasteiger partial charge in [0.05, 0.1) is 0 Å². The van der Waals surface area contributed by atoms with Gasteiger partial charge in [0.25, 0.3) is 0 Å². The number of aryl methyl sites for hydroxylation is 1. The summed E-state index contributed by atoms with van der Waals surface area (Å²) in [5, 5.41) is 0.840. The Morgan fingerprint density at radius 1 is 1.41 bits per heavy atom. The van der Waals surface area contributed by atoms with Crippen LogP contribution in [-0.2, 0) is 0 Å². The fraction of sp³-hybridized carbons (Fsp3) is 0.571. The molecule has 0 aliphatic carbocycles. The van der Waals surface area contributed by atoms with Gasteiger partial charge >= 0.3 is 0 Å². The standard InChI is InChI=1S/C14H21ClN2/c1-9-4-12(15)6-13(10(9)2)14-5-11(7-16)8-17(14)3/h4,6,11,14H,5,7-8,16H2,1-3H3. The first-order valence-corrected chi connectivity index (χ1v) is 6.57. The molecule has 1 aromatic carbocycles. The van der Waals surface area contributed by atoms with Crippen molar-refractivity contribution in [3.05, 3.63) is 33.8 Å². The molecule has 1 fully saturated rings. The molecule has 3 heteroatoms. The molecule has 0 bridgehead atoms. The maximum Gasteiger partial charge on any atom is 0.0412 e. The number of halogens is 1. The Bertz CT molecular complexity index is 417. The van der Waals surface area contributed by atoms with Crippen molar-refractivity contribution in [1.29, 1.82) is 0 Å². The van der Waals surface area contributed by atoms with Gasteiger partial charge in [-0.05, 0) is 68.6 Å². The zero-order chi connectivity index (χ0) is 12.6. The van der Waals surface area contributed by atoms with Crippen molar-refractivity contribution >= 4 is 11.6 Å². The average Bonchev–Trinajstić information content (AvgIpc) is 2.65. The topological polar surface area (TPSA) is 29.3 Å². The van der Waals surface area contributed by atoms with Crippen molar-refractivity contribution in [2.45, 2.75) is 26.3 Å². The highest BCUT2D eigenvalue weighted by molar-refractivity contribution is 6.30. The van der Waals surface area contributed by atoms with Crippen LogP contribution >= 0.6 is 11.6 Å². The maximum absolute atomic E-state index is 6.18. The summed E-state index contributed by atoms with van der Waals surface area (Å²) in [5.74, 6) is 0.615. The number of rotatable bonds is 2. The zero-order valence-electron chi connectivity index (χ0n) is 10.8. The van der Waals surface area contributed by atoms with E-state index in [1.54, 1.807) is 0 Å². The van der Waals surface area contributed by atoms with Crippen LogP contribution in [0.1, 0.15) is 29.2 Å². The predicted octanol–water partition coefficient (Wildman–Crippen LogP) is 2.91. The van der Waals surface area contributed by atoms with Gasteiger partial charge in [-0.2, -0.15) is 0 Å². The molecule has 1 aliphatic heterocycles. The van der Waals surface area contributed by atoms with Gasteiger partial charge < -0.3 is 5.73 Å². The predicted molar refractivity (Wildman–Crippen MR) is 73.5 cm³/mol. The number of hydrogen-bond donors (Lipinski definition) is 1. The van der Waals surface area contributed by atoms with Crippen LogP contribution in [0, 0.1) is 19.8 Å². The van der Waals surface area contributed by atoms with Crippen LogP contribution in [0.3, 0.4) is 0 Å². The third kappa shape index (κ3) is 2.49. The minimum Gasteiger partial charge on any atom is -0.330 e. The van der Waals surface area contributed by atoms with E-state index >= 15 is 0 Å². The molecule has 0 spiro atoms. The first kappa shape index (κ1) is 12.9. The van der Waals surface area contributed by atoms with Crippen molar-refractivity contribution in [3.8, 4) is 0 Å². The molecule has 2 rings (SSSR count). The summed E-state index contributed by atoms with van der Waals surface area (Å²) in [6.07, 6.45) is 1.15. The second-order valence-electron chi connectivity index (χ2n) is 5.23. The van der Waals surface area contributed by atoms with Crippen LogP contribution in [0.4, 0.5) is 0 Å². The molecule has 1 heterocycles. The van der Waals surface area contributed by atoms with E-state index in [4.69, 9.17) is 17.3 Å². The molecule has 17 heavy (non-hydrogen) atoms. The van der Waals surface area contributed by atoms with Gasteiger partial charge in [0.2, 0.25) is 0 Å². The van der Waals surface area contributed by atoms with E-state index < -0.39 is 0 Å². The third-order valence-electron chi connectivity index (χ3n) is 4.00. The van der Waals surface area contributed by atoms with Crippen LogP contribution in [0.5, 0.6) is 0 Å². The first-order valence-electron chi connectivity index (χ1n) is 6.20. The van der Waals surface area contributed by atoms with E-state index in [9.17, 15) is 0 Å². The Balaban J connectivity index is 2.34. The monoisotopic (exact) mass is 252 g/mol. The normalized spacial score (nSPS) is 25.5. The number of likely N-dealkylation sites (tertiary alicyclic amines) is 1. The van der Waals surface area contributed by atoms with Crippen molar-refractivity contribution in [2.75, 3.05) is 20.1 Å². The van der Waals surface area contributed by atoms with Gasteiger partial charge in [0.15, 0.2) is 0 Å². The van der Waals surface area contributed by atoms with E-state index in [0.29, 0.717) is 12.0 Å². The van der Waals surface area contributed by atoms with Crippen molar-refractivity contribution < 1.29 is 0 Å². The highest BCUT2D eigenvalue weighted by Gasteiger charge is 2.30. The Hall–Kier alpha value is -0.570. The molecule has 0 saturated carbocycles. The first-order chi connectivity index (χ1) is 8.02.